The number of amides is 1. The molecule has 0 bridgehead atoms. The number of ether oxygens (including phenoxy) is 2. The zero-order chi connectivity index (χ0) is 18.9. The number of rotatable bonds is 5. The van der Waals surface area contributed by atoms with Crippen molar-refractivity contribution in [2.24, 2.45) is 5.41 Å². The molecular weight excluding hydrogens is 352 g/mol. The molecule has 2 heterocycles. The highest BCUT2D eigenvalue weighted by molar-refractivity contribution is 7.22. The molecule has 138 valence electrons. The minimum atomic E-state index is -0.557. The van der Waals surface area contributed by atoms with E-state index in [1.54, 1.807) is 31.4 Å². The maximum Gasteiger partial charge on any atom is 0.234 e. The Hall–Kier alpha value is -2.54. The molecule has 0 spiro atoms. The Balaban J connectivity index is 2.12. The molecule has 0 N–H and O–H groups in total. The van der Waals surface area contributed by atoms with E-state index in [1.807, 2.05) is 39.0 Å². The Morgan fingerprint density at radius 3 is 2.46 bits per heavy atom. The van der Waals surface area contributed by atoms with Gasteiger partial charge in [-0.05, 0) is 24.3 Å². The third kappa shape index (κ3) is 3.39. The van der Waals surface area contributed by atoms with Crippen LogP contribution in [0.4, 0.5) is 5.13 Å². The lowest BCUT2D eigenvalue weighted by atomic mass is 9.95. The first kappa shape index (κ1) is 18.3. The van der Waals surface area contributed by atoms with Crippen LogP contribution in [0, 0.1) is 5.41 Å². The fourth-order valence-corrected chi connectivity index (χ4v) is 3.65. The molecule has 7 heteroatoms. The van der Waals surface area contributed by atoms with Gasteiger partial charge in [-0.15, -0.1) is 0 Å². The van der Waals surface area contributed by atoms with Crippen molar-refractivity contribution >= 4 is 32.6 Å². The summed E-state index contributed by atoms with van der Waals surface area (Å²) in [5.74, 6) is 2.00. The van der Waals surface area contributed by atoms with Gasteiger partial charge in [0.15, 0.2) is 5.13 Å². The molecule has 0 atom stereocenters. The molecule has 0 fully saturated rings. The van der Waals surface area contributed by atoms with E-state index in [0.29, 0.717) is 34.5 Å². The van der Waals surface area contributed by atoms with Crippen molar-refractivity contribution in [1.82, 2.24) is 4.98 Å². The predicted molar refractivity (Wildman–Crippen MR) is 102 cm³/mol. The lowest BCUT2D eigenvalue weighted by Gasteiger charge is -2.26. The lowest BCUT2D eigenvalue weighted by molar-refractivity contribution is -0.126. The highest BCUT2D eigenvalue weighted by Crippen LogP contribution is 2.41. The zero-order valence-corrected chi connectivity index (χ0v) is 16.3. The van der Waals surface area contributed by atoms with Crippen molar-refractivity contribution in [3.05, 3.63) is 36.3 Å². The summed E-state index contributed by atoms with van der Waals surface area (Å²) in [4.78, 5) is 19.4. The summed E-state index contributed by atoms with van der Waals surface area (Å²) in [7, 11) is 3.21. The average molecular weight is 374 g/mol. The van der Waals surface area contributed by atoms with E-state index in [0.717, 1.165) is 4.70 Å². The molecule has 6 nitrogen and oxygen atoms in total. The monoisotopic (exact) mass is 374 g/mol. The lowest BCUT2D eigenvalue weighted by Crippen LogP contribution is -2.39. The summed E-state index contributed by atoms with van der Waals surface area (Å²) >= 11 is 1.40. The van der Waals surface area contributed by atoms with E-state index in [2.05, 4.69) is 4.98 Å². The van der Waals surface area contributed by atoms with Gasteiger partial charge >= 0.3 is 0 Å². The van der Waals surface area contributed by atoms with Crippen LogP contribution in [0.1, 0.15) is 26.5 Å². The standard InChI is InChI=1S/C19H22N2O4S/c1-19(2,3)17(22)21(11-12-7-6-10-25-12)18-20-15-13(23-4)8-9-14(24-5)16(15)26-18/h6-10H,11H2,1-5H3. The number of thiazole rings is 1. The number of benzene rings is 1. The van der Waals surface area contributed by atoms with Gasteiger partial charge in [0.05, 0.1) is 27.0 Å². The second-order valence-corrected chi connectivity index (χ2v) is 7.84. The maximum absolute atomic E-state index is 13.1. The molecule has 0 aliphatic heterocycles. The van der Waals surface area contributed by atoms with E-state index in [-0.39, 0.29) is 5.91 Å². The molecule has 1 aromatic carbocycles. The fourth-order valence-electron chi connectivity index (χ4n) is 2.58. The van der Waals surface area contributed by atoms with Crippen LogP contribution >= 0.6 is 11.3 Å². The van der Waals surface area contributed by atoms with Crippen LogP contribution in [0.15, 0.2) is 34.9 Å². The summed E-state index contributed by atoms with van der Waals surface area (Å²) in [6, 6.07) is 7.30. The largest absolute Gasteiger partial charge is 0.495 e. The fraction of sp³-hybridized carbons (Fsp3) is 0.368. The van der Waals surface area contributed by atoms with Crippen LogP contribution in [0.3, 0.4) is 0 Å². The minimum Gasteiger partial charge on any atom is -0.495 e. The van der Waals surface area contributed by atoms with E-state index in [1.165, 1.54) is 11.3 Å². The number of furan rings is 1. The third-order valence-corrected chi connectivity index (χ3v) is 5.00. The van der Waals surface area contributed by atoms with Crippen LogP contribution in [0.25, 0.3) is 10.2 Å². The van der Waals surface area contributed by atoms with Crippen molar-refractivity contribution in [3.8, 4) is 11.5 Å². The molecule has 26 heavy (non-hydrogen) atoms. The van der Waals surface area contributed by atoms with Gasteiger partial charge in [-0.25, -0.2) is 4.98 Å². The Kier molecular flexibility index (Phi) is 4.91. The number of carbonyl (C=O) groups excluding carboxylic acids is 1. The summed E-state index contributed by atoms with van der Waals surface area (Å²) < 4.78 is 17.2. The quantitative estimate of drug-likeness (QED) is 0.658. The van der Waals surface area contributed by atoms with Crippen molar-refractivity contribution in [1.29, 1.82) is 0 Å². The van der Waals surface area contributed by atoms with Crippen molar-refractivity contribution in [2.75, 3.05) is 19.1 Å². The summed E-state index contributed by atoms with van der Waals surface area (Å²) in [6.07, 6.45) is 1.60. The van der Waals surface area contributed by atoms with E-state index in [4.69, 9.17) is 13.9 Å². The number of hydrogen-bond acceptors (Lipinski definition) is 6. The van der Waals surface area contributed by atoms with Crippen LogP contribution < -0.4 is 14.4 Å². The van der Waals surface area contributed by atoms with E-state index < -0.39 is 5.41 Å². The van der Waals surface area contributed by atoms with Crippen LogP contribution in [-0.4, -0.2) is 25.1 Å². The first-order valence-electron chi connectivity index (χ1n) is 8.21. The summed E-state index contributed by atoms with van der Waals surface area (Å²) in [5.41, 5.74) is 0.122. The van der Waals surface area contributed by atoms with Crippen molar-refractivity contribution < 1.29 is 18.7 Å². The SMILES string of the molecule is COc1ccc(OC)c2sc(N(Cc3ccco3)C(=O)C(C)(C)C)nc12. The van der Waals surface area contributed by atoms with Crippen molar-refractivity contribution in [2.45, 2.75) is 27.3 Å². The first-order valence-corrected chi connectivity index (χ1v) is 9.02. The van der Waals surface area contributed by atoms with Gasteiger partial charge in [0.1, 0.15) is 27.5 Å². The van der Waals surface area contributed by atoms with Crippen LogP contribution in [-0.2, 0) is 11.3 Å². The number of hydrogen-bond donors (Lipinski definition) is 0. The number of methoxy groups -OCH3 is 2. The number of nitrogens with zero attached hydrogens (tertiary/aromatic N) is 2. The number of aromatic nitrogens is 1. The van der Waals surface area contributed by atoms with E-state index >= 15 is 0 Å². The number of carbonyl (C=O) groups is 1. The maximum atomic E-state index is 13.1. The van der Waals surface area contributed by atoms with Crippen LogP contribution in [0.2, 0.25) is 0 Å². The van der Waals surface area contributed by atoms with Gasteiger partial charge in [0.25, 0.3) is 0 Å². The second-order valence-electron chi connectivity index (χ2n) is 6.86. The smallest absolute Gasteiger partial charge is 0.234 e. The Morgan fingerprint density at radius 2 is 1.88 bits per heavy atom. The molecule has 3 rings (SSSR count). The molecule has 3 aromatic rings. The molecule has 1 amide bonds. The minimum absolute atomic E-state index is 0.0362. The van der Waals surface area contributed by atoms with Gasteiger partial charge in [-0.1, -0.05) is 32.1 Å². The molecular formula is C19H22N2O4S. The van der Waals surface area contributed by atoms with Crippen LogP contribution in [0.5, 0.6) is 11.5 Å². The first-order chi connectivity index (χ1) is 12.3. The summed E-state index contributed by atoms with van der Waals surface area (Å²) in [6.45, 7) is 5.98. The van der Waals surface area contributed by atoms with Gasteiger partial charge in [0.2, 0.25) is 5.91 Å². The third-order valence-electron chi connectivity index (χ3n) is 3.91. The van der Waals surface area contributed by atoms with Gasteiger partial charge < -0.3 is 13.9 Å². The Morgan fingerprint density at radius 1 is 1.19 bits per heavy atom. The number of anilines is 1. The topological polar surface area (TPSA) is 64.8 Å². The second kappa shape index (κ2) is 6.99. The summed E-state index contributed by atoms with van der Waals surface area (Å²) in [5, 5.41) is 0.583. The van der Waals surface area contributed by atoms with Crippen molar-refractivity contribution in [3.63, 3.8) is 0 Å². The normalized spacial score (nSPS) is 11.6. The predicted octanol–water partition coefficient (Wildman–Crippen LogP) is 4.49. The molecule has 0 saturated carbocycles. The molecule has 2 aromatic heterocycles. The average Bonchev–Trinajstić information content (AvgIpc) is 3.26. The van der Waals surface area contributed by atoms with E-state index in [9.17, 15) is 4.79 Å². The molecule has 0 radical (unpaired) electrons. The Labute approximate surface area is 156 Å². The Bertz CT molecular complexity index is 869. The molecule has 0 unspecified atom stereocenters. The van der Waals surface area contributed by atoms with Gasteiger partial charge in [0, 0.05) is 5.41 Å². The highest BCUT2D eigenvalue weighted by atomic mass is 32.1. The molecule has 0 aliphatic rings. The highest BCUT2D eigenvalue weighted by Gasteiger charge is 2.31. The zero-order valence-electron chi connectivity index (χ0n) is 15.5. The molecule has 0 aliphatic carbocycles. The molecule has 0 saturated heterocycles. The number of fused-ring (bicyclic) bond motifs is 1. The van der Waals surface area contributed by atoms with Gasteiger partial charge in [-0.3, -0.25) is 9.69 Å². The van der Waals surface area contributed by atoms with Gasteiger partial charge in [-0.2, -0.15) is 0 Å².